The molecule has 2 saturated heterocycles. The van der Waals surface area contributed by atoms with Gasteiger partial charge in [0.05, 0.1) is 18.2 Å². The van der Waals surface area contributed by atoms with Crippen LogP contribution in [0.25, 0.3) is 11.3 Å². The molecule has 2 atom stereocenters. The van der Waals surface area contributed by atoms with Gasteiger partial charge in [-0.15, -0.1) is 0 Å². The van der Waals surface area contributed by atoms with E-state index in [2.05, 4.69) is 46.4 Å². The molecule has 2 aromatic rings. The minimum Gasteiger partial charge on any atom is -0.462 e. The number of aryl methyl sites for hydroxylation is 1. The van der Waals surface area contributed by atoms with Crippen molar-refractivity contribution in [1.82, 2.24) is 20.2 Å². The number of fused-ring (bicyclic) bond motifs is 3. The lowest BCUT2D eigenvalue weighted by atomic mass is 9.87. The predicted molar refractivity (Wildman–Crippen MR) is 132 cm³/mol. The number of nitriles is 1. The third kappa shape index (κ3) is 4.25. The fraction of sp³-hybridized carbons (Fsp3) is 0.593. The molecule has 0 amide bonds. The van der Waals surface area contributed by atoms with E-state index in [1.165, 1.54) is 41.5 Å². The Bertz CT molecular complexity index is 1110. The molecule has 1 aromatic carbocycles. The fourth-order valence-electron chi connectivity index (χ4n) is 5.82. The summed E-state index contributed by atoms with van der Waals surface area (Å²) in [6.07, 6.45) is 7.45. The van der Waals surface area contributed by atoms with Crippen molar-refractivity contribution in [1.29, 1.82) is 5.26 Å². The molecule has 3 heterocycles. The van der Waals surface area contributed by atoms with Crippen LogP contribution in [0.2, 0.25) is 0 Å². The summed E-state index contributed by atoms with van der Waals surface area (Å²) in [7, 11) is 2.17. The van der Waals surface area contributed by atoms with E-state index in [4.69, 9.17) is 14.7 Å². The van der Waals surface area contributed by atoms with Crippen molar-refractivity contribution in [3.63, 3.8) is 0 Å². The first kappa shape index (κ1) is 21.8. The highest BCUT2D eigenvalue weighted by molar-refractivity contribution is 5.75. The lowest BCUT2D eigenvalue weighted by Crippen LogP contribution is -2.51. The van der Waals surface area contributed by atoms with Gasteiger partial charge in [0.1, 0.15) is 12.4 Å². The van der Waals surface area contributed by atoms with E-state index in [1.807, 2.05) is 0 Å². The molecule has 34 heavy (non-hydrogen) atoms. The number of likely N-dealkylation sites (N-methyl/N-ethyl adjacent to an activating group) is 1. The number of ether oxygens (including phenoxy) is 1. The Morgan fingerprint density at radius 3 is 2.88 bits per heavy atom. The van der Waals surface area contributed by atoms with E-state index in [1.54, 1.807) is 0 Å². The first-order valence-corrected chi connectivity index (χ1v) is 12.9. The van der Waals surface area contributed by atoms with Crippen LogP contribution in [0.1, 0.15) is 54.7 Å². The van der Waals surface area contributed by atoms with Gasteiger partial charge in [-0.05, 0) is 75.2 Å². The van der Waals surface area contributed by atoms with Gasteiger partial charge in [0.25, 0.3) is 0 Å². The van der Waals surface area contributed by atoms with Crippen LogP contribution in [0.3, 0.4) is 0 Å². The number of benzene rings is 1. The summed E-state index contributed by atoms with van der Waals surface area (Å²) in [6, 6.07) is 10.4. The Balaban J connectivity index is 1.37. The van der Waals surface area contributed by atoms with Gasteiger partial charge in [0.2, 0.25) is 0 Å². The number of likely N-dealkylation sites (tertiary alicyclic amines) is 1. The van der Waals surface area contributed by atoms with Crippen molar-refractivity contribution in [2.45, 2.75) is 62.9 Å². The van der Waals surface area contributed by atoms with Gasteiger partial charge in [-0.2, -0.15) is 15.2 Å². The summed E-state index contributed by atoms with van der Waals surface area (Å²) >= 11 is 0. The van der Waals surface area contributed by atoms with Gasteiger partial charge >= 0.3 is 6.01 Å². The average Bonchev–Trinajstić information content (AvgIpc) is 3.63. The molecule has 3 fully saturated rings. The summed E-state index contributed by atoms with van der Waals surface area (Å²) in [5, 5.41) is 12.7. The van der Waals surface area contributed by atoms with Crippen LogP contribution in [0.15, 0.2) is 18.2 Å². The van der Waals surface area contributed by atoms with Crippen LogP contribution in [-0.2, 0) is 12.8 Å². The smallest absolute Gasteiger partial charge is 0.319 e. The number of hydrogen-bond donors (Lipinski definition) is 1. The third-order valence-corrected chi connectivity index (χ3v) is 8.02. The second-order valence-corrected chi connectivity index (χ2v) is 10.4. The summed E-state index contributed by atoms with van der Waals surface area (Å²) < 4.78 is 6.28. The second-order valence-electron chi connectivity index (χ2n) is 10.4. The van der Waals surface area contributed by atoms with Crippen molar-refractivity contribution >= 4 is 5.82 Å². The lowest BCUT2D eigenvalue weighted by molar-refractivity contribution is 0.188. The van der Waals surface area contributed by atoms with Gasteiger partial charge in [0.15, 0.2) is 0 Å². The molecular formula is C27H34N6O. The summed E-state index contributed by atoms with van der Waals surface area (Å²) in [5.41, 5.74) is 6.38. The molecule has 0 radical (unpaired) electrons. The Kier molecular flexibility index (Phi) is 5.88. The zero-order valence-corrected chi connectivity index (χ0v) is 20.1. The van der Waals surface area contributed by atoms with Crippen molar-refractivity contribution in [3.8, 4) is 23.3 Å². The molecule has 0 bridgehead atoms. The SMILES string of the molecule is CN1CCC[C@H]1COc1nc2c(c(N3CCN[C@@H](CC#N)C3)n1)CCc1ccc(C3CC3)cc1-2. The summed E-state index contributed by atoms with van der Waals surface area (Å²) in [6.45, 7) is 4.28. The normalized spacial score (nSPS) is 24.4. The predicted octanol–water partition coefficient (Wildman–Crippen LogP) is 3.28. The highest BCUT2D eigenvalue weighted by Gasteiger charge is 2.31. The van der Waals surface area contributed by atoms with Gasteiger partial charge in [0, 0.05) is 42.8 Å². The first-order chi connectivity index (χ1) is 16.7. The van der Waals surface area contributed by atoms with E-state index in [9.17, 15) is 5.26 Å². The molecule has 6 rings (SSSR count). The number of nitrogens with zero attached hydrogens (tertiary/aromatic N) is 5. The Morgan fingerprint density at radius 2 is 2.09 bits per heavy atom. The molecule has 7 heteroatoms. The van der Waals surface area contributed by atoms with Crippen molar-refractivity contribution in [2.75, 3.05) is 44.7 Å². The third-order valence-electron chi connectivity index (χ3n) is 8.02. The van der Waals surface area contributed by atoms with E-state index in [0.717, 1.165) is 57.0 Å². The van der Waals surface area contributed by atoms with Gasteiger partial charge in [-0.25, -0.2) is 0 Å². The maximum Gasteiger partial charge on any atom is 0.319 e. The van der Waals surface area contributed by atoms with Gasteiger partial charge < -0.3 is 19.9 Å². The van der Waals surface area contributed by atoms with E-state index >= 15 is 0 Å². The van der Waals surface area contributed by atoms with Crippen molar-refractivity contribution in [2.24, 2.45) is 0 Å². The Hall–Kier alpha value is -2.69. The number of anilines is 1. The highest BCUT2D eigenvalue weighted by Crippen LogP contribution is 2.44. The summed E-state index contributed by atoms with van der Waals surface area (Å²) in [4.78, 5) is 14.7. The summed E-state index contributed by atoms with van der Waals surface area (Å²) in [5.74, 6) is 1.72. The van der Waals surface area contributed by atoms with Crippen LogP contribution >= 0.6 is 0 Å². The molecule has 1 saturated carbocycles. The zero-order valence-electron chi connectivity index (χ0n) is 20.1. The number of nitrogens with one attached hydrogen (secondary N) is 1. The van der Waals surface area contributed by atoms with Crippen LogP contribution in [-0.4, -0.2) is 66.8 Å². The lowest BCUT2D eigenvalue weighted by Gasteiger charge is -2.36. The quantitative estimate of drug-likeness (QED) is 0.712. The Morgan fingerprint density at radius 1 is 1.18 bits per heavy atom. The standard InChI is InChI=1S/C27H34N6O/c1-32-13-2-3-22(32)17-34-27-30-25-23(26(31-27)33-14-12-29-21(16-33)10-11-28)9-8-19-6-7-20(15-24(19)25)18-4-5-18/h6-7,15,18,21-22,29H,2-5,8-10,12-14,16-17H2,1H3/t21-,22-/m0/s1. The maximum absolute atomic E-state index is 9.23. The van der Waals surface area contributed by atoms with Crippen LogP contribution in [0.4, 0.5) is 5.82 Å². The molecule has 4 aliphatic rings. The van der Waals surface area contributed by atoms with E-state index in [0.29, 0.717) is 31.0 Å². The number of aromatic nitrogens is 2. The molecular weight excluding hydrogens is 424 g/mol. The second kappa shape index (κ2) is 9.16. The maximum atomic E-state index is 9.23. The molecule has 1 N–H and O–H groups in total. The van der Waals surface area contributed by atoms with E-state index in [-0.39, 0.29) is 6.04 Å². The van der Waals surface area contributed by atoms with Crippen LogP contribution < -0.4 is 15.0 Å². The molecule has 178 valence electrons. The minimum absolute atomic E-state index is 0.165. The first-order valence-electron chi connectivity index (χ1n) is 12.9. The largest absolute Gasteiger partial charge is 0.462 e. The molecule has 7 nitrogen and oxygen atoms in total. The monoisotopic (exact) mass is 458 g/mol. The molecule has 0 unspecified atom stereocenters. The zero-order chi connectivity index (χ0) is 23.1. The molecule has 0 spiro atoms. The van der Waals surface area contributed by atoms with Crippen molar-refractivity contribution in [3.05, 3.63) is 34.9 Å². The van der Waals surface area contributed by atoms with Gasteiger partial charge in [-0.1, -0.05) is 12.1 Å². The fourth-order valence-corrected chi connectivity index (χ4v) is 5.82. The topological polar surface area (TPSA) is 77.3 Å². The molecule has 1 aromatic heterocycles. The van der Waals surface area contributed by atoms with Gasteiger partial charge in [-0.3, -0.25) is 0 Å². The average molecular weight is 459 g/mol. The van der Waals surface area contributed by atoms with Crippen molar-refractivity contribution < 1.29 is 4.74 Å². The minimum atomic E-state index is 0.165. The molecule has 2 aliphatic heterocycles. The highest BCUT2D eigenvalue weighted by atomic mass is 16.5. The number of rotatable bonds is 6. The Labute approximate surface area is 202 Å². The van der Waals surface area contributed by atoms with E-state index < -0.39 is 0 Å². The number of piperazine rings is 1. The molecule has 2 aliphatic carbocycles. The van der Waals surface area contributed by atoms with Crippen LogP contribution in [0.5, 0.6) is 6.01 Å². The number of hydrogen-bond acceptors (Lipinski definition) is 7. The van der Waals surface area contributed by atoms with Crippen LogP contribution in [0, 0.1) is 11.3 Å².